The van der Waals surface area contributed by atoms with Crippen LogP contribution in [0.4, 0.5) is 5.69 Å². The molecular weight excluding hydrogens is 350 g/mol. The molecule has 2 amide bonds. The molecule has 1 unspecified atom stereocenters. The fraction of sp³-hybridized carbons (Fsp3) is 0.174. The number of benzene rings is 2. The maximum atomic E-state index is 13.0. The van der Waals surface area contributed by atoms with E-state index in [0.717, 1.165) is 17.8 Å². The lowest BCUT2D eigenvalue weighted by Gasteiger charge is -2.23. The fourth-order valence-corrected chi connectivity index (χ4v) is 3.55. The SMILES string of the molecule is CC1Cc2ccccc2N1C(=O)c1ccc(C(=O)NCc2ccccn2)cc1. The monoisotopic (exact) mass is 371 g/mol. The molecule has 3 aromatic rings. The number of amides is 2. The Morgan fingerprint density at radius 3 is 2.46 bits per heavy atom. The molecule has 1 aliphatic rings. The molecule has 0 spiro atoms. The number of anilines is 1. The van der Waals surface area contributed by atoms with E-state index in [1.807, 2.05) is 41.3 Å². The maximum absolute atomic E-state index is 13.0. The first-order valence-corrected chi connectivity index (χ1v) is 9.33. The average Bonchev–Trinajstić information content (AvgIpc) is 3.08. The number of nitrogens with zero attached hydrogens (tertiary/aromatic N) is 2. The van der Waals surface area contributed by atoms with Crippen molar-refractivity contribution < 1.29 is 9.59 Å². The van der Waals surface area contributed by atoms with Gasteiger partial charge in [-0.15, -0.1) is 0 Å². The molecule has 0 fully saturated rings. The lowest BCUT2D eigenvalue weighted by atomic mass is 10.1. The van der Waals surface area contributed by atoms with Gasteiger partial charge in [0.2, 0.25) is 0 Å². The number of hydrogen-bond donors (Lipinski definition) is 1. The molecule has 0 saturated carbocycles. The normalized spacial score (nSPS) is 15.2. The van der Waals surface area contributed by atoms with E-state index in [9.17, 15) is 9.59 Å². The first-order chi connectivity index (χ1) is 13.6. The Balaban J connectivity index is 1.46. The third-order valence-corrected chi connectivity index (χ3v) is 4.98. The van der Waals surface area contributed by atoms with Crippen molar-refractivity contribution >= 4 is 17.5 Å². The van der Waals surface area contributed by atoms with Crippen LogP contribution in [-0.4, -0.2) is 22.8 Å². The number of pyridine rings is 1. The number of carbonyl (C=O) groups excluding carboxylic acids is 2. The molecule has 1 atom stereocenters. The molecule has 140 valence electrons. The molecule has 0 bridgehead atoms. The molecule has 2 heterocycles. The van der Waals surface area contributed by atoms with Crippen LogP contribution in [0.15, 0.2) is 72.9 Å². The van der Waals surface area contributed by atoms with Crippen molar-refractivity contribution in [1.29, 1.82) is 0 Å². The minimum atomic E-state index is -0.190. The fourth-order valence-electron chi connectivity index (χ4n) is 3.55. The second kappa shape index (κ2) is 7.64. The van der Waals surface area contributed by atoms with E-state index >= 15 is 0 Å². The van der Waals surface area contributed by atoms with Gasteiger partial charge in [-0.3, -0.25) is 14.6 Å². The Morgan fingerprint density at radius 2 is 1.71 bits per heavy atom. The zero-order valence-corrected chi connectivity index (χ0v) is 15.6. The van der Waals surface area contributed by atoms with Gasteiger partial charge in [-0.1, -0.05) is 24.3 Å². The molecule has 0 saturated heterocycles. The standard InChI is InChI=1S/C23H21N3O2/c1-16-14-19-6-2-3-8-21(19)26(16)23(28)18-11-9-17(10-12-18)22(27)25-15-20-7-4-5-13-24-20/h2-13,16H,14-15H2,1H3,(H,25,27). The molecule has 1 N–H and O–H groups in total. The largest absolute Gasteiger partial charge is 0.346 e. The molecule has 2 aromatic carbocycles. The zero-order valence-electron chi connectivity index (χ0n) is 15.6. The van der Waals surface area contributed by atoms with Crippen LogP contribution in [0.25, 0.3) is 0 Å². The second-order valence-corrected chi connectivity index (χ2v) is 6.94. The predicted molar refractivity (Wildman–Crippen MR) is 108 cm³/mol. The van der Waals surface area contributed by atoms with Gasteiger partial charge in [0, 0.05) is 29.1 Å². The summed E-state index contributed by atoms with van der Waals surface area (Å²) in [5.41, 5.74) is 4.04. The average molecular weight is 371 g/mol. The Bertz CT molecular complexity index is 1000. The van der Waals surface area contributed by atoms with E-state index in [1.54, 1.807) is 30.5 Å². The van der Waals surface area contributed by atoms with E-state index in [-0.39, 0.29) is 17.9 Å². The minimum absolute atomic E-state index is 0.0436. The number of nitrogens with one attached hydrogen (secondary N) is 1. The highest BCUT2D eigenvalue weighted by Gasteiger charge is 2.31. The van der Waals surface area contributed by atoms with Crippen LogP contribution in [0.3, 0.4) is 0 Å². The predicted octanol–water partition coefficient (Wildman–Crippen LogP) is 3.60. The summed E-state index contributed by atoms with van der Waals surface area (Å²) >= 11 is 0. The zero-order chi connectivity index (χ0) is 19.5. The summed E-state index contributed by atoms with van der Waals surface area (Å²) in [4.78, 5) is 31.4. The Hall–Kier alpha value is -3.47. The number of aromatic nitrogens is 1. The van der Waals surface area contributed by atoms with Crippen LogP contribution in [0.1, 0.15) is 38.9 Å². The topological polar surface area (TPSA) is 62.3 Å². The van der Waals surface area contributed by atoms with Crippen LogP contribution in [0.2, 0.25) is 0 Å². The highest BCUT2D eigenvalue weighted by Crippen LogP contribution is 2.33. The summed E-state index contributed by atoms with van der Waals surface area (Å²) in [7, 11) is 0. The Morgan fingerprint density at radius 1 is 1.00 bits per heavy atom. The van der Waals surface area contributed by atoms with Gasteiger partial charge >= 0.3 is 0 Å². The second-order valence-electron chi connectivity index (χ2n) is 6.94. The summed E-state index contributed by atoms with van der Waals surface area (Å²) in [5, 5.41) is 2.84. The minimum Gasteiger partial charge on any atom is -0.346 e. The molecule has 0 aliphatic carbocycles. The van der Waals surface area contributed by atoms with Crippen molar-refractivity contribution in [2.45, 2.75) is 25.9 Å². The highest BCUT2D eigenvalue weighted by molar-refractivity contribution is 6.08. The van der Waals surface area contributed by atoms with Crippen molar-refractivity contribution in [2.24, 2.45) is 0 Å². The van der Waals surface area contributed by atoms with Crippen LogP contribution in [0.5, 0.6) is 0 Å². The summed E-state index contributed by atoms with van der Waals surface area (Å²) in [6.07, 6.45) is 2.55. The molecule has 4 rings (SSSR count). The molecule has 1 aliphatic heterocycles. The van der Waals surface area contributed by atoms with Crippen molar-refractivity contribution in [1.82, 2.24) is 10.3 Å². The highest BCUT2D eigenvalue weighted by atomic mass is 16.2. The quantitative estimate of drug-likeness (QED) is 0.762. The summed E-state index contributed by atoms with van der Waals surface area (Å²) in [5.74, 6) is -0.234. The lowest BCUT2D eigenvalue weighted by Crippen LogP contribution is -2.35. The van der Waals surface area contributed by atoms with Gasteiger partial charge in [-0.2, -0.15) is 0 Å². The third-order valence-electron chi connectivity index (χ3n) is 4.98. The van der Waals surface area contributed by atoms with E-state index in [0.29, 0.717) is 17.7 Å². The van der Waals surface area contributed by atoms with Crippen LogP contribution >= 0.6 is 0 Å². The van der Waals surface area contributed by atoms with Gasteiger partial charge in [-0.05, 0) is 61.4 Å². The first kappa shape index (κ1) is 17.9. The molecule has 1 aromatic heterocycles. The van der Waals surface area contributed by atoms with Crippen molar-refractivity contribution in [2.75, 3.05) is 4.90 Å². The van der Waals surface area contributed by atoms with E-state index in [4.69, 9.17) is 0 Å². The Labute approximate surface area is 164 Å². The van der Waals surface area contributed by atoms with Crippen molar-refractivity contribution in [3.05, 3.63) is 95.3 Å². The van der Waals surface area contributed by atoms with Crippen LogP contribution in [-0.2, 0) is 13.0 Å². The number of hydrogen-bond acceptors (Lipinski definition) is 3. The number of carbonyl (C=O) groups is 2. The first-order valence-electron chi connectivity index (χ1n) is 9.33. The van der Waals surface area contributed by atoms with Crippen molar-refractivity contribution in [3.63, 3.8) is 0 Å². The van der Waals surface area contributed by atoms with Gasteiger partial charge in [0.25, 0.3) is 11.8 Å². The van der Waals surface area contributed by atoms with Gasteiger partial charge < -0.3 is 10.2 Å². The molecular formula is C23H21N3O2. The van der Waals surface area contributed by atoms with Crippen LogP contribution < -0.4 is 10.2 Å². The molecule has 0 radical (unpaired) electrons. The van der Waals surface area contributed by atoms with Crippen LogP contribution in [0, 0.1) is 0 Å². The van der Waals surface area contributed by atoms with Gasteiger partial charge in [0.05, 0.1) is 12.2 Å². The summed E-state index contributed by atoms with van der Waals surface area (Å²) < 4.78 is 0. The summed E-state index contributed by atoms with van der Waals surface area (Å²) in [6.45, 7) is 2.42. The number of fused-ring (bicyclic) bond motifs is 1. The number of para-hydroxylation sites is 1. The Kier molecular flexibility index (Phi) is 4.89. The maximum Gasteiger partial charge on any atom is 0.258 e. The molecule has 5 nitrogen and oxygen atoms in total. The van der Waals surface area contributed by atoms with Gasteiger partial charge in [-0.25, -0.2) is 0 Å². The lowest BCUT2D eigenvalue weighted by molar-refractivity contribution is 0.0946. The summed E-state index contributed by atoms with van der Waals surface area (Å²) in [6, 6.07) is 20.5. The molecule has 28 heavy (non-hydrogen) atoms. The third kappa shape index (κ3) is 3.51. The number of rotatable bonds is 4. The van der Waals surface area contributed by atoms with E-state index in [2.05, 4.69) is 23.3 Å². The van der Waals surface area contributed by atoms with Gasteiger partial charge in [0.15, 0.2) is 0 Å². The van der Waals surface area contributed by atoms with E-state index in [1.165, 1.54) is 5.56 Å². The smallest absolute Gasteiger partial charge is 0.258 e. The van der Waals surface area contributed by atoms with Crippen molar-refractivity contribution in [3.8, 4) is 0 Å². The van der Waals surface area contributed by atoms with Gasteiger partial charge in [0.1, 0.15) is 0 Å². The molecule has 5 heteroatoms. The van der Waals surface area contributed by atoms with E-state index < -0.39 is 0 Å².